The molecule has 0 atom stereocenters. The standard InChI is InChI=1S/C24H21FN2O2S/c1-14-11-17(12-18(13-26)16-7-9-19(25)10-8-16)15(2)27(14)23-22(24(28)29)20-5-3-4-6-21(20)30-23/h7-12H,3-6H2,1-2H3,(H,28,29)/b18-12-. The van der Waals surface area contributed by atoms with Crippen molar-refractivity contribution in [2.24, 2.45) is 0 Å². The van der Waals surface area contributed by atoms with Crippen LogP contribution in [0.4, 0.5) is 4.39 Å². The van der Waals surface area contributed by atoms with Crippen molar-refractivity contribution in [3.05, 3.63) is 74.7 Å². The lowest BCUT2D eigenvalue weighted by Gasteiger charge is -2.11. The van der Waals surface area contributed by atoms with Gasteiger partial charge in [-0.15, -0.1) is 11.3 Å². The van der Waals surface area contributed by atoms with Crippen molar-refractivity contribution in [1.29, 1.82) is 5.26 Å². The monoisotopic (exact) mass is 420 g/mol. The number of hydrogen-bond acceptors (Lipinski definition) is 3. The highest BCUT2D eigenvalue weighted by atomic mass is 32.1. The Morgan fingerprint density at radius 2 is 1.93 bits per heavy atom. The molecule has 3 aromatic rings. The van der Waals surface area contributed by atoms with Gasteiger partial charge in [-0.25, -0.2) is 9.18 Å². The minimum Gasteiger partial charge on any atom is -0.478 e. The van der Waals surface area contributed by atoms with E-state index in [0.717, 1.165) is 53.2 Å². The third-order valence-corrected chi connectivity index (χ3v) is 6.89. The van der Waals surface area contributed by atoms with E-state index in [1.165, 1.54) is 17.0 Å². The van der Waals surface area contributed by atoms with Gasteiger partial charge in [-0.2, -0.15) is 5.26 Å². The van der Waals surface area contributed by atoms with Crippen LogP contribution in [0, 0.1) is 31.0 Å². The van der Waals surface area contributed by atoms with Gasteiger partial charge in [0.05, 0.1) is 17.2 Å². The molecule has 0 fully saturated rings. The van der Waals surface area contributed by atoms with Gasteiger partial charge in [0.2, 0.25) is 0 Å². The van der Waals surface area contributed by atoms with Crippen molar-refractivity contribution in [2.45, 2.75) is 39.5 Å². The number of thiophene rings is 1. The van der Waals surface area contributed by atoms with Gasteiger partial charge in [0.25, 0.3) is 0 Å². The van der Waals surface area contributed by atoms with Crippen molar-refractivity contribution in [3.8, 4) is 11.1 Å². The zero-order valence-electron chi connectivity index (χ0n) is 16.8. The van der Waals surface area contributed by atoms with Crippen molar-refractivity contribution < 1.29 is 14.3 Å². The number of hydrogen-bond donors (Lipinski definition) is 1. The van der Waals surface area contributed by atoms with E-state index >= 15 is 0 Å². The maximum Gasteiger partial charge on any atom is 0.339 e. The number of benzene rings is 1. The summed E-state index contributed by atoms with van der Waals surface area (Å²) in [5.41, 5.74) is 5.09. The van der Waals surface area contributed by atoms with Gasteiger partial charge in [-0.1, -0.05) is 12.1 Å². The zero-order chi connectivity index (χ0) is 21.4. The second kappa shape index (κ2) is 7.92. The van der Waals surface area contributed by atoms with Gasteiger partial charge < -0.3 is 9.67 Å². The molecule has 6 heteroatoms. The molecule has 2 heterocycles. The highest BCUT2D eigenvalue weighted by molar-refractivity contribution is 7.15. The number of aryl methyl sites for hydroxylation is 2. The molecule has 0 saturated carbocycles. The lowest BCUT2D eigenvalue weighted by molar-refractivity contribution is 0.0696. The molecule has 1 aliphatic carbocycles. The smallest absolute Gasteiger partial charge is 0.339 e. The first-order valence-electron chi connectivity index (χ1n) is 9.85. The number of aromatic carboxylic acids is 1. The Kier molecular flexibility index (Phi) is 5.31. The molecule has 0 unspecified atom stereocenters. The van der Waals surface area contributed by atoms with Crippen LogP contribution in [0.1, 0.15) is 56.2 Å². The van der Waals surface area contributed by atoms with Gasteiger partial charge >= 0.3 is 5.97 Å². The second-order valence-electron chi connectivity index (χ2n) is 7.53. The van der Waals surface area contributed by atoms with Gasteiger partial charge in [0.15, 0.2) is 0 Å². The molecule has 0 radical (unpaired) electrons. The lowest BCUT2D eigenvalue weighted by Crippen LogP contribution is -2.09. The van der Waals surface area contributed by atoms with Crippen LogP contribution in [0.2, 0.25) is 0 Å². The van der Waals surface area contributed by atoms with Crippen LogP contribution in [-0.2, 0) is 12.8 Å². The summed E-state index contributed by atoms with van der Waals surface area (Å²) in [4.78, 5) is 13.3. The number of aromatic nitrogens is 1. The molecule has 1 aromatic carbocycles. The molecule has 0 saturated heterocycles. The van der Waals surface area contributed by atoms with Crippen LogP contribution >= 0.6 is 11.3 Å². The fourth-order valence-electron chi connectivity index (χ4n) is 4.14. The number of carboxylic acid groups (broad SMARTS) is 1. The Bertz CT molecular complexity index is 1210. The molecule has 2 aromatic heterocycles. The minimum absolute atomic E-state index is 0.350. The summed E-state index contributed by atoms with van der Waals surface area (Å²) in [6.07, 6.45) is 5.62. The van der Waals surface area contributed by atoms with Crippen molar-refractivity contribution in [3.63, 3.8) is 0 Å². The first kappa shape index (κ1) is 20.1. The van der Waals surface area contributed by atoms with E-state index in [4.69, 9.17) is 0 Å². The van der Waals surface area contributed by atoms with Gasteiger partial charge in [-0.3, -0.25) is 0 Å². The van der Waals surface area contributed by atoms with Gasteiger partial charge in [-0.05, 0) is 80.5 Å². The van der Waals surface area contributed by atoms with E-state index in [-0.39, 0.29) is 5.82 Å². The summed E-state index contributed by atoms with van der Waals surface area (Å²) in [6, 6.07) is 9.98. The Labute approximate surface area is 178 Å². The number of allylic oxidation sites excluding steroid dienone is 1. The summed E-state index contributed by atoms with van der Waals surface area (Å²) >= 11 is 1.56. The number of nitrogens with zero attached hydrogens (tertiary/aromatic N) is 2. The van der Waals surface area contributed by atoms with E-state index in [2.05, 4.69) is 6.07 Å². The average molecular weight is 421 g/mol. The Morgan fingerprint density at radius 1 is 1.23 bits per heavy atom. The fraction of sp³-hybridized carbons (Fsp3) is 0.250. The summed E-state index contributed by atoms with van der Waals surface area (Å²) < 4.78 is 15.2. The lowest BCUT2D eigenvalue weighted by atomic mass is 9.95. The Balaban J connectivity index is 1.84. The van der Waals surface area contributed by atoms with E-state index < -0.39 is 5.97 Å². The minimum atomic E-state index is -0.891. The van der Waals surface area contributed by atoms with Crippen LogP contribution in [0.5, 0.6) is 0 Å². The fourth-order valence-corrected chi connectivity index (χ4v) is 5.63. The third-order valence-electron chi connectivity index (χ3n) is 5.62. The van der Waals surface area contributed by atoms with E-state index in [1.807, 2.05) is 24.5 Å². The van der Waals surface area contributed by atoms with Crippen LogP contribution in [0.3, 0.4) is 0 Å². The van der Waals surface area contributed by atoms with Crippen LogP contribution < -0.4 is 0 Å². The molecular formula is C24H21FN2O2S. The number of fused-ring (bicyclic) bond motifs is 1. The number of rotatable bonds is 4. The first-order valence-corrected chi connectivity index (χ1v) is 10.7. The van der Waals surface area contributed by atoms with E-state index in [1.54, 1.807) is 29.5 Å². The molecule has 0 spiro atoms. The SMILES string of the molecule is Cc1cc(/C=C(/C#N)c2ccc(F)cc2)c(C)n1-c1sc2c(c1C(=O)O)CCCC2. The average Bonchev–Trinajstić information content (AvgIpc) is 3.23. The maximum atomic E-state index is 13.2. The molecule has 30 heavy (non-hydrogen) atoms. The number of nitriles is 1. The molecule has 1 N–H and O–H groups in total. The molecule has 152 valence electrons. The summed E-state index contributed by atoms with van der Waals surface area (Å²) in [7, 11) is 0. The van der Waals surface area contributed by atoms with Crippen molar-refractivity contribution in [1.82, 2.24) is 4.57 Å². The van der Waals surface area contributed by atoms with Crippen molar-refractivity contribution in [2.75, 3.05) is 0 Å². The van der Waals surface area contributed by atoms with Gasteiger partial charge in [0, 0.05) is 16.3 Å². The largest absolute Gasteiger partial charge is 0.478 e. The molecular weight excluding hydrogens is 399 g/mol. The van der Waals surface area contributed by atoms with Gasteiger partial charge in [0.1, 0.15) is 10.8 Å². The molecule has 0 bridgehead atoms. The summed E-state index contributed by atoms with van der Waals surface area (Å²) in [6.45, 7) is 3.88. The van der Waals surface area contributed by atoms with Crippen LogP contribution in [0.25, 0.3) is 16.7 Å². The second-order valence-corrected chi connectivity index (χ2v) is 8.62. The maximum absolute atomic E-state index is 13.2. The Hall–Kier alpha value is -3.17. The van der Waals surface area contributed by atoms with Crippen LogP contribution in [-0.4, -0.2) is 15.6 Å². The topological polar surface area (TPSA) is 66.0 Å². The number of carbonyl (C=O) groups is 1. The predicted octanol–water partition coefficient (Wildman–Crippen LogP) is 5.94. The van der Waals surface area contributed by atoms with E-state index in [9.17, 15) is 19.6 Å². The van der Waals surface area contributed by atoms with Crippen molar-refractivity contribution >= 4 is 29.0 Å². The molecule has 4 rings (SSSR count). The van der Waals surface area contributed by atoms with E-state index in [0.29, 0.717) is 16.7 Å². The third kappa shape index (κ3) is 3.46. The normalized spacial score (nSPS) is 13.7. The molecule has 1 aliphatic rings. The summed E-state index contributed by atoms with van der Waals surface area (Å²) in [5, 5.41) is 20.3. The predicted molar refractivity (Wildman–Crippen MR) is 117 cm³/mol. The molecule has 0 aliphatic heterocycles. The molecule has 0 amide bonds. The number of halogens is 1. The zero-order valence-corrected chi connectivity index (χ0v) is 17.6. The summed E-state index contributed by atoms with van der Waals surface area (Å²) in [5.74, 6) is -1.24. The number of carboxylic acids is 1. The first-order chi connectivity index (χ1) is 14.4. The molecule has 4 nitrogen and oxygen atoms in total. The Morgan fingerprint density at radius 3 is 2.60 bits per heavy atom. The van der Waals surface area contributed by atoms with Crippen LogP contribution in [0.15, 0.2) is 30.3 Å². The quantitative estimate of drug-likeness (QED) is 0.532. The highest BCUT2D eigenvalue weighted by Gasteiger charge is 2.27. The highest BCUT2D eigenvalue weighted by Crippen LogP contribution is 2.39.